The summed E-state index contributed by atoms with van der Waals surface area (Å²) < 4.78 is 5.32. The smallest absolute Gasteiger partial charge is 0.412 e. The number of hydrogen-bond acceptors (Lipinski definition) is 9. The molecule has 0 radical (unpaired) electrons. The van der Waals surface area contributed by atoms with Crippen molar-refractivity contribution in [1.29, 1.82) is 0 Å². The molecule has 0 aliphatic carbocycles. The van der Waals surface area contributed by atoms with Crippen molar-refractivity contribution >= 4 is 52.5 Å². The topological polar surface area (TPSA) is 104 Å². The number of amides is 1. The molecule has 3 N–H and O–H groups in total. The molecular formula is C23H29N7O2S. The van der Waals surface area contributed by atoms with Crippen molar-refractivity contribution < 1.29 is 9.53 Å². The number of hydrogen-bond donors (Lipinski definition) is 3. The van der Waals surface area contributed by atoms with Crippen molar-refractivity contribution in [2.24, 2.45) is 0 Å². The lowest BCUT2D eigenvalue weighted by Gasteiger charge is -2.20. The molecule has 2 heterocycles. The van der Waals surface area contributed by atoms with Gasteiger partial charge in [-0.2, -0.15) is 4.98 Å². The Kier molecular flexibility index (Phi) is 7.59. The predicted molar refractivity (Wildman–Crippen MR) is 135 cm³/mol. The van der Waals surface area contributed by atoms with E-state index in [2.05, 4.69) is 30.9 Å². The van der Waals surface area contributed by atoms with Crippen LogP contribution in [-0.2, 0) is 4.74 Å². The lowest BCUT2D eigenvalue weighted by molar-refractivity contribution is 0.0636. The monoisotopic (exact) mass is 467 g/mol. The molecule has 10 heteroatoms. The molecule has 3 aromatic rings. The van der Waals surface area contributed by atoms with Gasteiger partial charge in [-0.1, -0.05) is 6.07 Å². The molecule has 0 unspecified atom stereocenters. The van der Waals surface area contributed by atoms with Gasteiger partial charge in [-0.05, 0) is 57.4 Å². The highest BCUT2D eigenvalue weighted by Crippen LogP contribution is 2.28. The summed E-state index contributed by atoms with van der Waals surface area (Å²) in [5.74, 6) is 1.95. The zero-order chi connectivity index (χ0) is 24.0. The second-order valence-corrected chi connectivity index (χ2v) is 9.22. The van der Waals surface area contributed by atoms with Crippen LogP contribution in [0.2, 0.25) is 0 Å². The van der Waals surface area contributed by atoms with Crippen LogP contribution in [0.4, 0.5) is 39.4 Å². The molecule has 2 aromatic heterocycles. The van der Waals surface area contributed by atoms with Gasteiger partial charge in [-0.3, -0.25) is 5.32 Å². The van der Waals surface area contributed by atoms with E-state index in [9.17, 15) is 4.79 Å². The lowest BCUT2D eigenvalue weighted by Crippen LogP contribution is -2.27. The first-order valence-electron chi connectivity index (χ1n) is 10.3. The third-order valence-electron chi connectivity index (χ3n) is 4.21. The minimum Gasteiger partial charge on any atom is -0.444 e. The molecule has 0 bridgehead atoms. The minimum absolute atomic E-state index is 0.442. The Morgan fingerprint density at radius 2 is 1.76 bits per heavy atom. The summed E-state index contributed by atoms with van der Waals surface area (Å²) in [6, 6.07) is 11.2. The molecule has 0 spiro atoms. The summed E-state index contributed by atoms with van der Waals surface area (Å²) in [7, 11) is 3.88. The van der Waals surface area contributed by atoms with Gasteiger partial charge in [-0.15, -0.1) is 11.8 Å². The molecule has 174 valence electrons. The molecule has 0 saturated carbocycles. The minimum atomic E-state index is -0.570. The summed E-state index contributed by atoms with van der Waals surface area (Å²) in [6.45, 7) is 5.46. The average Bonchev–Trinajstić information content (AvgIpc) is 2.73. The molecule has 33 heavy (non-hydrogen) atoms. The van der Waals surface area contributed by atoms with Gasteiger partial charge in [0, 0.05) is 31.7 Å². The summed E-state index contributed by atoms with van der Waals surface area (Å²) in [4.78, 5) is 28.3. The van der Waals surface area contributed by atoms with E-state index in [0.717, 1.165) is 22.1 Å². The van der Waals surface area contributed by atoms with E-state index in [1.54, 1.807) is 18.5 Å². The highest BCUT2D eigenvalue weighted by Gasteiger charge is 2.16. The molecule has 3 rings (SSSR count). The SMILES string of the molecule is CSc1cnc(Nc2ccc(N(C)C)nc2)nc1Nc1cccc(NC(=O)OC(C)(C)C)c1. The van der Waals surface area contributed by atoms with Crippen LogP contribution in [0.1, 0.15) is 20.8 Å². The molecular weight excluding hydrogens is 438 g/mol. The molecule has 1 aromatic carbocycles. The molecule has 0 fully saturated rings. The molecule has 0 aliphatic heterocycles. The van der Waals surface area contributed by atoms with E-state index in [1.165, 1.54) is 11.8 Å². The molecule has 0 aliphatic rings. The first-order valence-corrected chi connectivity index (χ1v) is 11.5. The number of carbonyl (C=O) groups is 1. The number of nitrogens with zero attached hydrogens (tertiary/aromatic N) is 4. The van der Waals surface area contributed by atoms with Crippen LogP contribution < -0.4 is 20.9 Å². The second-order valence-electron chi connectivity index (χ2n) is 8.37. The normalized spacial score (nSPS) is 11.0. The fourth-order valence-corrected chi connectivity index (χ4v) is 3.20. The largest absolute Gasteiger partial charge is 0.444 e. The van der Waals surface area contributed by atoms with E-state index < -0.39 is 11.7 Å². The number of pyridine rings is 1. The van der Waals surface area contributed by atoms with Gasteiger partial charge in [0.15, 0.2) is 0 Å². The lowest BCUT2D eigenvalue weighted by atomic mass is 10.2. The van der Waals surface area contributed by atoms with Crippen molar-refractivity contribution in [2.75, 3.05) is 41.2 Å². The van der Waals surface area contributed by atoms with Crippen LogP contribution in [0.5, 0.6) is 0 Å². The van der Waals surface area contributed by atoms with Crippen molar-refractivity contribution in [2.45, 2.75) is 31.3 Å². The van der Waals surface area contributed by atoms with Gasteiger partial charge in [0.2, 0.25) is 5.95 Å². The summed E-state index contributed by atoms with van der Waals surface area (Å²) in [5, 5.41) is 9.24. The maximum absolute atomic E-state index is 12.1. The number of carbonyl (C=O) groups excluding carboxylic acids is 1. The zero-order valence-electron chi connectivity index (χ0n) is 19.6. The van der Waals surface area contributed by atoms with Crippen molar-refractivity contribution in [1.82, 2.24) is 15.0 Å². The Morgan fingerprint density at radius 1 is 1.00 bits per heavy atom. The van der Waals surface area contributed by atoms with Gasteiger partial charge in [0.05, 0.1) is 16.8 Å². The highest BCUT2D eigenvalue weighted by molar-refractivity contribution is 7.98. The fourth-order valence-electron chi connectivity index (χ4n) is 2.76. The average molecular weight is 468 g/mol. The third kappa shape index (κ3) is 7.25. The summed E-state index contributed by atoms with van der Waals surface area (Å²) >= 11 is 1.53. The van der Waals surface area contributed by atoms with Crippen LogP contribution in [-0.4, -0.2) is 47.0 Å². The predicted octanol–water partition coefficient (Wildman–Crippen LogP) is 5.49. The molecule has 0 saturated heterocycles. The van der Waals surface area contributed by atoms with E-state index in [4.69, 9.17) is 4.74 Å². The Morgan fingerprint density at radius 3 is 2.39 bits per heavy atom. The first kappa shape index (κ1) is 24.1. The Balaban J connectivity index is 1.75. The number of ether oxygens (including phenoxy) is 1. The highest BCUT2D eigenvalue weighted by atomic mass is 32.2. The number of nitrogens with one attached hydrogen (secondary N) is 3. The number of anilines is 6. The van der Waals surface area contributed by atoms with Crippen LogP contribution >= 0.6 is 11.8 Å². The van der Waals surface area contributed by atoms with Crippen LogP contribution in [0, 0.1) is 0 Å². The van der Waals surface area contributed by atoms with Gasteiger partial charge >= 0.3 is 6.09 Å². The standard InChI is InChI=1S/C23H29N7O2S/c1-23(2,3)32-22(31)28-16-9-7-8-15(12-16)26-20-18(33-6)14-25-21(29-20)27-17-10-11-19(24-13-17)30(4)5/h7-14H,1-6H3,(H,28,31)(H2,25,26,27,29). The summed E-state index contributed by atoms with van der Waals surface area (Å²) in [5.41, 5.74) is 1.59. The molecule has 9 nitrogen and oxygen atoms in total. The first-order chi connectivity index (χ1) is 15.6. The number of aromatic nitrogens is 3. The van der Waals surface area contributed by atoms with Crippen molar-refractivity contribution in [3.63, 3.8) is 0 Å². The maximum atomic E-state index is 12.1. The van der Waals surface area contributed by atoms with E-state index in [0.29, 0.717) is 17.5 Å². The van der Waals surface area contributed by atoms with Gasteiger partial charge in [-0.25, -0.2) is 14.8 Å². The van der Waals surface area contributed by atoms with E-state index in [-0.39, 0.29) is 0 Å². The fraction of sp³-hybridized carbons (Fsp3) is 0.304. The number of rotatable bonds is 7. The van der Waals surface area contributed by atoms with Crippen molar-refractivity contribution in [3.8, 4) is 0 Å². The number of benzene rings is 1. The van der Waals surface area contributed by atoms with Crippen molar-refractivity contribution in [3.05, 3.63) is 48.8 Å². The van der Waals surface area contributed by atoms with Crippen LogP contribution in [0.15, 0.2) is 53.7 Å². The summed E-state index contributed by atoms with van der Waals surface area (Å²) in [6.07, 6.45) is 4.95. The van der Waals surface area contributed by atoms with Crippen LogP contribution in [0.25, 0.3) is 0 Å². The van der Waals surface area contributed by atoms with Crippen LogP contribution in [0.3, 0.4) is 0 Å². The van der Waals surface area contributed by atoms with E-state index >= 15 is 0 Å². The maximum Gasteiger partial charge on any atom is 0.412 e. The zero-order valence-corrected chi connectivity index (χ0v) is 20.4. The second kappa shape index (κ2) is 10.4. The van der Waals surface area contributed by atoms with Gasteiger partial charge in [0.1, 0.15) is 17.2 Å². The van der Waals surface area contributed by atoms with Gasteiger partial charge in [0.25, 0.3) is 0 Å². The molecule has 0 atom stereocenters. The Hall–Kier alpha value is -3.53. The number of thioether (sulfide) groups is 1. The third-order valence-corrected chi connectivity index (χ3v) is 4.95. The quantitative estimate of drug-likeness (QED) is 0.389. The van der Waals surface area contributed by atoms with E-state index in [1.807, 2.05) is 76.4 Å². The van der Waals surface area contributed by atoms with Gasteiger partial charge < -0.3 is 20.3 Å². The Labute approximate surface area is 198 Å². The molecule has 1 amide bonds. The Bertz CT molecular complexity index is 1100.